The molecule has 1 N–H and O–H groups in total. The molecule has 0 saturated heterocycles. The van der Waals surface area contributed by atoms with Crippen molar-refractivity contribution in [2.45, 2.75) is 17.9 Å². The highest BCUT2D eigenvalue weighted by Crippen LogP contribution is 2.28. The van der Waals surface area contributed by atoms with E-state index in [1.54, 1.807) is 6.92 Å². The van der Waals surface area contributed by atoms with Crippen LogP contribution in [0, 0.1) is 10.1 Å². The lowest BCUT2D eigenvalue weighted by Gasteiger charge is -2.13. The maximum Gasteiger partial charge on any atom is 0.271 e. The third-order valence-electron chi connectivity index (χ3n) is 3.13. The number of benzene rings is 2. The Balaban J connectivity index is 1.98. The Labute approximate surface area is 143 Å². The smallest absolute Gasteiger partial charge is 0.271 e. The molecule has 1 atom stereocenters. The fourth-order valence-electron chi connectivity index (χ4n) is 1.83. The molecular formula is C16H15ClN2O3S. The summed E-state index contributed by atoms with van der Waals surface area (Å²) in [6.45, 7) is 1.79. The van der Waals surface area contributed by atoms with Crippen LogP contribution in [0.4, 0.5) is 11.4 Å². The van der Waals surface area contributed by atoms with Crippen LogP contribution in [0.25, 0.3) is 0 Å². The first-order chi connectivity index (χ1) is 11.0. The van der Waals surface area contributed by atoms with E-state index in [0.717, 1.165) is 5.56 Å². The quantitative estimate of drug-likeness (QED) is 0.614. The molecule has 0 spiro atoms. The van der Waals surface area contributed by atoms with Gasteiger partial charge in [-0.25, -0.2) is 0 Å². The van der Waals surface area contributed by atoms with Crippen molar-refractivity contribution in [2.24, 2.45) is 0 Å². The van der Waals surface area contributed by atoms with Crippen LogP contribution in [0.1, 0.15) is 12.5 Å². The lowest BCUT2D eigenvalue weighted by Crippen LogP contribution is -2.22. The Kier molecular flexibility index (Phi) is 6.01. The number of amides is 1. The number of carbonyl (C=O) groups excluding carboxylic acids is 1. The molecule has 0 bridgehead atoms. The highest BCUT2D eigenvalue weighted by atomic mass is 35.5. The number of hydrogen-bond acceptors (Lipinski definition) is 4. The number of carbonyl (C=O) groups is 1. The van der Waals surface area contributed by atoms with Crippen molar-refractivity contribution in [1.82, 2.24) is 0 Å². The zero-order valence-corrected chi connectivity index (χ0v) is 13.9. The largest absolute Gasteiger partial charge is 0.324 e. The summed E-state index contributed by atoms with van der Waals surface area (Å²) in [5.41, 5.74) is 1.26. The maximum atomic E-state index is 12.2. The molecule has 0 radical (unpaired) electrons. The Bertz CT molecular complexity index is 710. The second-order valence-corrected chi connectivity index (χ2v) is 6.59. The molecule has 2 aromatic rings. The monoisotopic (exact) mass is 350 g/mol. The van der Waals surface area contributed by atoms with Crippen LogP contribution < -0.4 is 5.32 Å². The van der Waals surface area contributed by atoms with Crippen molar-refractivity contribution in [3.05, 3.63) is 69.2 Å². The van der Waals surface area contributed by atoms with Gasteiger partial charge in [0.15, 0.2) is 0 Å². The van der Waals surface area contributed by atoms with E-state index in [1.165, 1.54) is 30.0 Å². The van der Waals surface area contributed by atoms with Crippen LogP contribution in [-0.4, -0.2) is 16.1 Å². The summed E-state index contributed by atoms with van der Waals surface area (Å²) in [4.78, 5) is 22.5. The summed E-state index contributed by atoms with van der Waals surface area (Å²) in [7, 11) is 0. The summed E-state index contributed by atoms with van der Waals surface area (Å²) in [5, 5.41) is 13.4. The Hall–Kier alpha value is -2.05. The zero-order chi connectivity index (χ0) is 16.8. The van der Waals surface area contributed by atoms with Gasteiger partial charge >= 0.3 is 0 Å². The van der Waals surface area contributed by atoms with E-state index in [0.29, 0.717) is 5.75 Å². The first-order valence-electron chi connectivity index (χ1n) is 6.87. The molecule has 0 heterocycles. The summed E-state index contributed by atoms with van der Waals surface area (Å²) in [6.07, 6.45) is 0. The molecule has 0 aliphatic carbocycles. The highest BCUT2D eigenvalue weighted by Gasteiger charge is 2.17. The van der Waals surface area contributed by atoms with E-state index in [1.807, 2.05) is 30.3 Å². The molecule has 0 saturated carbocycles. The molecular weight excluding hydrogens is 336 g/mol. The Morgan fingerprint density at radius 1 is 1.30 bits per heavy atom. The van der Waals surface area contributed by atoms with E-state index in [9.17, 15) is 14.9 Å². The van der Waals surface area contributed by atoms with E-state index in [4.69, 9.17) is 11.6 Å². The summed E-state index contributed by atoms with van der Waals surface area (Å²) >= 11 is 7.46. The number of hydrogen-bond donors (Lipinski definition) is 1. The topological polar surface area (TPSA) is 72.2 Å². The predicted molar refractivity (Wildman–Crippen MR) is 93.9 cm³/mol. The average molecular weight is 351 g/mol. The number of halogens is 1. The molecule has 23 heavy (non-hydrogen) atoms. The normalized spacial score (nSPS) is 11.7. The number of nitrogens with one attached hydrogen (secondary N) is 1. The summed E-state index contributed by atoms with van der Waals surface area (Å²) < 4.78 is 0. The van der Waals surface area contributed by atoms with Crippen molar-refractivity contribution in [1.29, 1.82) is 0 Å². The molecule has 120 valence electrons. The van der Waals surface area contributed by atoms with Gasteiger partial charge in [0.05, 0.1) is 20.9 Å². The third kappa shape index (κ3) is 4.97. The van der Waals surface area contributed by atoms with Gasteiger partial charge in [0.2, 0.25) is 5.91 Å². The number of nitrogens with zero attached hydrogens (tertiary/aromatic N) is 1. The van der Waals surface area contributed by atoms with Crippen LogP contribution in [0.2, 0.25) is 5.02 Å². The van der Waals surface area contributed by atoms with Crippen molar-refractivity contribution < 1.29 is 9.72 Å². The van der Waals surface area contributed by atoms with Gasteiger partial charge in [-0.05, 0) is 18.6 Å². The van der Waals surface area contributed by atoms with Gasteiger partial charge in [0, 0.05) is 17.9 Å². The average Bonchev–Trinajstić information content (AvgIpc) is 2.55. The van der Waals surface area contributed by atoms with Crippen LogP contribution in [0.15, 0.2) is 48.5 Å². The summed E-state index contributed by atoms with van der Waals surface area (Å²) in [6, 6.07) is 13.8. The third-order valence-corrected chi connectivity index (χ3v) is 4.67. The molecule has 0 aliphatic rings. The minimum Gasteiger partial charge on any atom is -0.324 e. The van der Waals surface area contributed by atoms with Crippen molar-refractivity contribution in [3.8, 4) is 0 Å². The molecule has 1 unspecified atom stereocenters. The minimum atomic E-state index is -0.528. The second kappa shape index (κ2) is 7.99. The first kappa shape index (κ1) is 17.3. The van der Waals surface area contributed by atoms with Gasteiger partial charge in [0.25, 0.3) is 5.69 Å². The van der Waals surface area contributed by atoms with Crippen LogP contribution in [0.3, 0.4) is 0 Å². The SMILES string of the molecule is CC(SCc1ccccc1)C(=O)Nc1cc([N+](=O)[O-])ccc1Cl. The second-order valence-electron chi connectivity index (χ2n) is 4.85. The zero-order valence-electron chi connectivity index (χ0n) is 12.4. The molecule has 2 aromatic carbocycles. The van der Waals surface area contributed by atoms with Gasteiger partial charge in [-0.2, -0.15) is 0 Å². The molecule has 7 heteroatoms. The van der Waals surface area contributed by atoms with Crippen molar-refractivity contribution in [2.75, 3.05) is 5.32 Å². The first-order valence-corrected chi connectivity index (χ1v) is 8.30. The van der Waals surface area contributed by atoms with Gasteiger partial charge in [-0.1, -0.05) is 41.9 Å². The van der Waals surface area contributed by atoms with Crippen molar-refractivity contribution in [3.63, 3.8) is 0 Å². The maximum absolute atomic E-state index is 12.2. The number of thioether (sulfide) groups is 1. The Morgan fingerprint density at radius 3 is 2.65 bits per heavy atom. The fourth-order valence-corrected chi connectivity index (χ4v) is 2.84. The number of rotatable bonds is 6. The van der Waals surface area contributed by atoms with Crippen LogP contribution in [-0.2, 0) is 10.5 Å². The summed E-state index contributed by atoms with van der Waals surface area (Å²) in [5.74, 6) is 0.464. The number of anilines is 1. The standard InChI is InChI=1S/C16H15ClN2O3S/c1-11(23-10-12-5-3-2-4-6-12)16(20)18-15-9-13(19(21)22)7-8-14(15)17/h2-9,11H,10H2,1H3,(H,18,20). The molecule has 0 aliphatic heterocycles. The van der Waals surface area contributed by atoms with Gasteiger partial charge in [-0.3, -0.25) is 14.9 Å². The minimum absolute atomic E-state index is 0.116. The lowest BCUT2D eigenvalue weighted by atomic mass is 10.2. The fraction of sp³-hybridized carbons (Fsp3) is 0.188. The van der Waals surface area contributed by atoms with E-state index in [-0.39, 0.29) is 27.6 Å². The van der Waals surface area contributed by atoms with Gasteiger partial charge < -0.3 is 5.32 Å². The van der Waals surface area contributed by atoms with Gasteiger partial charge in [0.1, 0.15) is 0 Å². The molecule has 2 rings (SSSR count). The van der Waals surface area contributed by atoms with Gasteiger partial charge in [-0.15, -0.1) is 11.8 Å². The van der Waals surface area contributed by atoms with Crippen LogP contribution >= 0.6 is 23.4 Å². The predicted octanol–water partition coefficient (Wildman–Crippen LogP) is 4.51. The van der Waals surface area contributed by atoms with E-state index < -0.39 is 4.92 Å². The molecule has 0 fully saturated rings. The van der Waals surface area contributed by atoms with E-state index in [2.05, 4.69) is 5.32 Å². The highest BCUT2D eigenvalue weighted by molar-refractivity contribution is 7.99. The number of non-ortho nitro benzene ring substituents is 1. The van der Waals surface area contributed by atoms with E-state index >= 15 is 0 Å². The lowest BCUT2D eigenvalue weighted by molar-refractivity contribution is -0.384. The van der Waals surface area contributed by atoms with Crippen molar-refractivity contribution >= 4 is 40.6 Å². The molecule has 5 nitrogen and oxygen atoms in total. The number of nitro benzene ring substituents is 1. The molecule has 0 aromatic heterocycles. The Morgan fingerprint density at radius 2 is 2.00 bits per heavy atom. The van der Waals surface area contributed by atoms with Crippen LogP contribution in [0.5, 0.6) is 0 Å². The molecule has 1 amide bonds. The number of nitro groups is 1.